The molecule has 0 aliphatic carbocycles. The third-order valence-electron chi connectivity index (χ3n) is 2.01. The maximum Gasteiger partial charge on any atom is 0.152 e. The lowest BCUT2D eigenvalue weighted by atomic mass is 10.1. The van der Waals surface area contributed by atoms with E-state index in [1.165, 1.54) is 0 Å². The molecule has 0 fully saturated rings. The lowest BCUT2D eigenvalue weighted by Gasteiger charge is -2.10. The van der Waals surface area contributed by atoms with Gasteiger partial charge in [-0.25, -0.2) is 8.78 Å². The fourth-order valence-electron chi connectivity index (χ4n) is 1.09. The summed E-state index contributed by atoms with van der Waals surface area (Å²) in [6.45, 7) is 4.49. The van der Waals surface area contributed by atoms with Crippen LogP contribution in [0.3, 0.4) is 0 Å². The summed E-state index contributed by atoms with van der Waals surface area (Å²) in [6.07, 6.45) is 0.817. The fourth-order valence-corrected chi connectivity index (χ4v) is 1.09. The van der Waals surface area contributed by atoms with E-state index in [1.54, 1.807) is 0 Å². The second-order valence-corrected chi connectivity index (χ2v) is 3.83. The molecule has 15 heavy (non-hydrogen) atoms. The zero-order chi connectivity index (χ0) is 11.4. The van der Waals surface area contributed by atoms with E-state index in [0.717, 1.165) is 18.6 Å². The molecule has 0 aliphatic rings. The van der Waals surface area contributed by atoms with E-state index >= 15 is 0 Å². The van der Waals surface area contributed by atoms with Crippen molar-refractivity contribution in [3.63, 3.8) is 0 Å². The summed E-state index contributed by atoms with van der Waals surface area (Å²) in [7, 11) is 0. The Balaban J connectivity index is 2.68. The number of anilines is 1. The highest BCUT2D eigenvalue weighted by molar-refractivity contribution is 5.53. The van der Waals surface area contributed by atoms with E-state index in [1.807, 2.05) is 13.8 Å². The highest BCUT2D eigenvalue weighted by Crippen LogP contribution is 2.25. The van der Waals surface area contributed by atoms with Crippen LogP contribution in [0, 0.1) is 17.6 Å². The molecule has 0 saturated carbocycles. The molecule has 0 saturated heterocycles. The van der Waals surface area contributed by atoms with Crippen molar-refractivity contribution in [2.45, 2.75) is 20.3 Å². The van der Waals surface area contributed by atoms with Gasteiger partial charge in [0.1, 0.15) is 17.3 Å². The average molecular weight is 215 g/mol. The molecule has 0 heterocycles. The summed E-state index contributed by atoms with van der Waals surface area (Å²) in [4.78, 5) is 0. The van der Waals surface area contributed by atoms with Gasteiger partial charge in [-0.1, -0.05) is 13.8 Å². The molecule has 0 radical (unpaired) electrons. The van der Waals surface area contributed by atoms with E-state index in [-0.39, 0.29) is 11.4 Å². The van der Waals surface area contributed by atoms with Gasteiger partial charge in [0.2, 0.25) is 0 Å². The first-order valence-electron chi connectivity index (χ1n) is 4.88. The molecule has 1 aromatic carbocycles. The Morgan fingerprint density at radius 1 is 1.33 bits per heavy atom. The summed E-state index contributed by atoms with van der Waals surface area (Å²) in [5, 5.41) is 0. The van der Waals surface area contributed by atoms with Crippen molar-refractivity contribution in [2.24, 2.45) is 5.92 Å². The number of ether oxygens (including phenoxy) is 1. The molecular formula is C11H15F2NO. The number of benzene rings is 1. The highest BCUT2D eigenvalue weighted by atomic mass is 19.1. The van der Waals surface area contributed by atoms with Gasteiger partial charge in [0, 0.05) is 12.1 Å². The Labute approximate surface area is 88.0 Å². The van der Waals surface area contributed by atoms with Gasteiger partial charge in [-0.2, -0.15) is 0 Å². The van der Waals surface area contributed by atoms with Crippen molar-refractivity contribution in [1.29, 1.82) is 0 Å². The van der Waals surface area contributed by atoms with E-state index < -0.39 is 11.6 Å². The summed E-state index contributed by atoms with van der Waals surface area (Å²) in [6, 6.07) is 1.84. The largest absolute Gasteiger partial charge is 0.491 e. The number of nitrogens with two attached hydrogens (primary N) is 1. The lowest BCUT2D eigenvalue weighted by Crippen LogP contribution is -2.05. The molecule has 0 unspecified atom stereocenters. The third kappa shape index (κ3) is 3.38. The third-order valence-corrected chi connectivity index (χ3v) is 2.01. The molecule has 0 amide bonds. The van der Waals surface area contributed by atoms with E-state index in [0.29, 0.717) is 12.5 Å². The van der Waals surface area contributed by atoms with Crippen LogP contribution in [-0.2, 0) is 0 Å². The first kappa shape index (κ1) is 11.8. The van der Waals surface area contributed by atoms with Crippen LogP contribution in [-0.4, -0.2) is 6.61 Å². The Hall–Kier alpha value is -1.32. The molecule has 4 heteroatoms. The van der Waals surface area contributed by atoms with Gasteiger partial charge in [-0.15, -0.1) is 0 Å². The summed E-state index contributed by atoms with van der Waals surface area (Å²) >= 11 is 0. The quantitative estimate of drug-likeness (QED) is 0.783. The monoisotopic (exact) mass is 215 g/mol. The molecule has 2 N–H and O–H groups in total. The number of halogens is 2. The maximum atomic E-state index is 13.0. The Morgan fingerprint density at radius 3 is 2.60 bits per heavy atom. The van der Waals surface area contributed by atoms with Crippen LogP contribution in [0.4, 0.5) is 14.5 Å². The molecule has 0 atom stereocenters. The SMILES string of the molecule is CC(C)CCOc1cc(F)cc(F)c1N. The first-order chi connectivity index (χ1) is 7.00. The summed E-state index contributed by atoms with van der Waals surface area (Å²) in [5.41, 5.74) is 5.26. The molecule has 1 aromatic rings. The van der Waals surface area contributed by atoms with Gasteiger partial charge in [-0.05, 0) is 12.3 Å². The molecule has 0 aliphatic heterocycles. The molecule has 84 valence electrons. The van der Waals surface area contributed by atoms with Crippen LogP contribution < -0.4 is 10.5 Å². The Kier molecular flexibility index (Phi) is 3.88. The molecule has 2 nitrogen and oxygen atoms in total. The number of nitrogen functional groups attached to an aromatic ring is 1. The van der Waals surface area contributed by atoms with Gasteiger partial charge in [0.25, 0.3) is 0 Å². The van der Waals surface area contributed by atoms with Crippen LogP contribution in [0.15, 0.2) is 12.1 Å². The predicted molar refractivity (Wildman–Crippen MR) is 55.7 cm³/mol. The van der Waals surface area contributed by atoms with Gasteiger partial charge in [0.15, 0.2) is 5.82 Å². The average Bonchev–Trinajstić information content (AvgIpc) is 2.12. The van der Waals surface area contributed by atoms with E-state index in [9.17, 15) is 8.78 Å². The minimum Gasteiger partial charge on any atom is -0.491 e. The first-order valence-corrected chi connectivity index (χ1v) is 4.88. The Morgan fingerprint density at radius 2 is 2.00 bits per heavy atom. The standard InChI is InChI=1S/C11H15F2NO/c1-7(2)3-4-15-10-6-8(12)5-9(13)11(10)14/h5-7H,3-4,14H2,1-2H3. The van der Waals surface area contributed by atoms with Crippen molar-refractivity contribution in [3.8, 4) is 5.75 Å². The molecule has 0 bridgehead atoms. The van der Waals surface area contributed by atoms with Crippen LogP contribution in [0.2, 0.25) is 0 Å². The second-order valence-electron chi connectivity index (χ2n) is 3.83. The second kappa shape index (κ2) is 4.96. The van der Waals surface area contributed by atoms with Crippen LogP contribution in [0.5, 0.6) is 5.75 Å². The molecule has 0 aromatic heterocycles. The summed E-state index contributed by atoms with van der Waals surface area (Å²) in [5.74, 6) is -0.909. The Bertz CT molecular complexity index is 340. The van der Waals surface area contributed by atoms with Crippen molar-refractivity contribution >= 4 is 5.69 Å². The maximum absolute atomic E-state index is 13.0. The van der Waals surface area contributed by atoms with Gasteiger partial charge < -0.3 is 10.5 Å². The number of hydrogen-bond acceptors (Lipinski definition) is 2. The lowest BCUT2D eigenvalue weighted by molar-refractivity contribution is 0.288. The summed E-state index contributed by atoms with van der Waals surface area (Å²) < 4.78 is 31.0. The minimum atomic E-state index is -0.783. The van der Waals surface area contributed by atoms with Gasteiger partial charge in [0.05, 0.1) is 6.61 Å². The predicted octanol–water partition coefficient (Wildman–Crippen LogP) is 2.97. The van der Waals surface area contributed by atoms with Crippen LogP contribution >= 0.6 is 0 Å². The number of hydrogen-bond donors (Lipinski definition) is 1. The normalized spacial score (nSPS) is 10.7. The van der Waals surface area contributed by atoms with E-state index in [2.05, 4.69) is 0 Å². The topological polar surface area (TPSA) is 35.2 Å². The van der Waals surface area contributed by atoms with Crippen LogP contribution in [0.25, 0.3) is 0 Å². The highest BCUT2D eigenvalue weighted by Gasteiger charge is 2.09. The molecule has 1 rings (SSSR count). The van der Waals surface area contributed by atoms with E-state index in [4.69, 9.17) is 10.5 Å². The van der Waals surface area contributed by atoms with Crippen molar-refractivity contribution in [1.82, 2.24) is 0 Å². The van der Waals surface area contributed by atoms with Crippen LogP contribution in [0.1, 0.15) is 20.3 Å². The van der Waals surface area contributed by atoms with Gasteiger partial charge in [-0.3, -0.25) is 0 Å². The number of rotatable bonds is 4. The van der Waals surface area contributed by atoms with Crippen molar-refractivity contribution in [3.05, 3.63) is 23.8 Å². The zero-order valence-corrected chi connectivity index (χ0v) is 8.89. The smallest absolute Gasteiger partial charge is 0.152 e. The minimum absolute atomic E-state index is 0.0770. The van der Waals surface area contributed by atoms with Crippen molar-refractivity contribution < 1.29 is 13.5 Å². The molecular weight excluding hydrogens is 200 g/mol. The van der Waals surface area contributed by atoms with Gasteiger partial charge >= 0.3 is 0 Å². The fraction of sp³-hybridized carbons (Fsp3) is 0.455. The molecule has 0 spiro atoms. The zero-order valence-electron chi connectivity index (χ0n) is 8.89. The van der Waals surface area contributed by atoms with Crippen molar-refractivity contribution in [2.75, 3.05) is 12.3 Å².